The molecule has 20 heavy (non-hydrogen) atoms. The van der Waals surface area contributed by atoms with E-state index in [-0.39, 0.29) is 5.56 Å². The van der Waals surface area contributed by atoms with Crippen LogP contribution in [-0.2, 0) is 11.8 Å². The summed E-state index contributed by atoms with van der Waals surface area (Å²) in [6.07, 6.45) is -2.09. The van der Waals surface area contributed by atoms with Crippen molar-refractivity contribution in [2.75, 3.05) is 13.1 Å². The molecular formula is C14H15F4NO. The minimum absolute atomic E-state index is 0.228. The predicted molar refractivity (Wildman–Crippen MR) is 64.5 cm³/mol. The predicted octanol–water partition coefficient (Wildman–Crippen LogP) is 2.90. The third kappa shape index (κ3) is 2.42. The lowest BCUT2D eigenvalue weighted by Crippen LogP contribution is -2.32. The molecule has 6 heteroatoms. The number of alkyl halides is 3. The fourth-order valence-electron chi connectivity index (χ4n) is 2.84. The maximum Gasteiger partial charge on any atom is 0.419 e. The van der Waals surface area contributed by atoms with Crippen molar-refractivity contribution in [2.45, 2.75) is 37.1 Å². The van der Waals surface area contributed by atoms with Crippen LogP contribution < -0.4 is 0 Å². The molecule has 1 unspecified atom stereocenters. The van der Waals surface area contributed by atoms with Crippen LogP contribution in [0.4, 0.5) is 17.6 Å². The van der Waals surface area contributed by atoms with Crippen LogP contribution in [-0.4, -0.2) is 29.1 Å². The van der Waals surface area contributed by atoms with Gasteiger partial charge in [0.15, 0.2) is 0 Å². The third-order valence-corrected chi connectivity index (χ3v) is 4.15. The molecule has 0 bridgehead atoms. The summed E-state index contributed by atoms with van der Waals surface area (Å²) in [4.78, 5) is 2.12. The molecule has 1 saturated heterocycles. The van der Waals surface area contributed by atoms with Gasteiger partial charge >= 0.3 is 6.18 Å². The lowest BCUT2D eigenvalue weighted by atomic mass is 9.92. The Morgan fingerprint density at radius 2 is 1.95 bits per heavy atom. The summed E-state index contributed by atoms with van der Waals surface area (Å²) in [6.45, 7) is 1.06. The van der Waals surface area contributed by atoms with Gasteiger partial charge < -0.3 is 5.11 Å². The Balaban J connectivity index is 1.85. The van der Waals surface area contributed by atoms with E-state index in [1.165, 1.54) is 6.07 Å². The number of hydrogen-bond donors (Lipinski definition) is 1. The quantitative estimate of drug-likeness (QED) is 0.846. The molecule has 2 nitrogen and oxygen atoms in total. The Hall–Kier alpha value is -1.14. The van der Waals surface area contributed by atoms with Gasteiger partial charge in [-0.25, -0.2) is 4.39 Å². The number of aliphatic hydroxyl groups is 1. The van der Waals surface area contributed by atoms with Crippen LogP contribution in [0.3, 0.4) is 0 Å². The van der Waals surface area contributed by atoms with Gasteiger partial charge in [-0.15, -0.1) is 0 Å². The number of hydrogen-bond acceptors (Lipinski definition) is 2. The monoisotopic (exact) mass is 289 g/mol. The molecule has 1 heterocycles. The maximum atomic E-state index is 13.6. The normalized spacial score (nSPS) is 28.1. The molecule has 0 aromatic heterocycles. The van der Waals surface area contributed by atoms with Crippen molar-refractivity contribution in [1.29, 1.82) is 0 Å². The molecule has 1 aliphatic heterocycles. The molecule has 0 spiro atoms. The fourth-order valence-corrected chi connectivity index (χ4v) is 2.84. The van der Waals surface area contributed by atoms with Crippen molar-refractivity contribution in [3.05, 3.63) is 35.1 Å². The van der Waals surface area contributed by atoms with Gasteiger partial charge in [-0.1, -0.05) is 6.07 Å². The summed E-state index contributed by atoms with van der Waals surface area (Å²) in [5.41, 5.74) is -2.30. The van der Waals surface area contributed by atoms with Crippen LogP contribution in [0.25, 0.3) is 0 Å². The average molecular weight is 289 g/mol. The molecule has 0 radical (unpaired) electrons. The smallest absolute Gasteiger partial charge is 0.384 e. The van der Waals surface area contributed by atoms with Crippen molar-refractivity contribution in [1.82, 2.24) is 4.90 Å². The number of β-amino-alcohol motifs (C(OH)–C–C–N with tert-alkyl or cyclic N) is 1. The van der Waals surface area contributed by atoms with E-state index in [0.29, 0.717) is 31.6 Å². The number of halogens is 4. The number of nitrogens with zero attached hydrogens (tertiary/aromatic N) is 1. The maximum absolute atomic E-state index is 13.6. The number of benzene rings is 1. The minimum atomic E-state index is -4.71. The van der Waals surface area contributed by atoms with E-state index in [0.717, 1.165) is 18.9 Å². The summed E-state index contributed by atoms with van der Waals surface area (Å²) in [5, 5.41) is 10.5. The zero-order valence-corrected chi connectivity index (χ0v) is 10.8. The second-order valence-electron chi connectivity index (χ2n) is 5.68. The summed E-state index contributed by atoms with van der Waals surface area (Å²) in [7, 11) is 0. The lowest BCUT2D eigenvalue weighted by Gasteiger charge is -2.24. The van der Waals surface area contributed by atoms with Crippen molar-refractivity contribution >= 4 is 0 Å². The van der Waals surface area contributed by atoms with Gasteiger partial charge in [0.1, 0.15) is 11.4 Å². The van der Waals surface area contributed by atoms with Gasteiger partial charge in [-0.05, 0) is 37.0 Å². The van der Waals surface area contributed by atoms with Crippen molar-refractivity contribution in [3.63, 3.8) is 0 Å². The Morgan fingerprint density at radius 3 is 2.50 bits per heavy atom. The van der Waals surface area contributed by atoms with E-state index >= 15 is 0 Å². The fraction of sp³-hybridized carbons (Fsp3) is 0.571. The molecule has 1 aliphatic carbocycles. The van der Waals surface area contributed by atoms with E-state index in [2.05, 4.69) is 4.90 Å². The zero-order valence-electron chi connectivity index (χ0n) is 10.8. The largest absolute Gasteiger partial charge is 0.419 e. The highest BCUT2D eigenvalue weighted by atomic mass is 19.4. The SMILES string of the molecule is OC1(c2ccc(C(F)(F)F)c(F)c2)CCN(C2CC2)C1. The first-order chi connectivity index (χ1) is 9.29. The Morgan fingerprint density at radius 1 is 1.25 bits per heavy atom. The zero-order chi connectivity index (χ0) is 14.5. The second-order valence-corrected chi connectivity index (χ2v) is 5.68. The second kappa shape index (κ2) is 4.43. The van der Waals surface area contributed by atoms with Gasteiger partial charge in [-0.3, -0.25) is 4.90 Å². The molecule has 2 fully saturated rings. The molecule has 1 saturated carbocycles. The Labute approximate surface area is 114 Å². The highest BCUT2D eigenvalue weighted by molar-refractivity contribution is 5.31. The van der Waals surface area contributed by atoms with Crippen LogP contribution in [0.1, 0.15) is 30.4 Å². The first kappa shape index (κ1) is 13.8. The van der Waals surface area contributed by atoms with Crippen LogP contribution in [0.15, 0.2) is 18.2 Å². The minimum Gasteiger partial charge on any atom is -0.384 e. The molecule has 110 valence electrons. The summed E-state index contributed by atoms with van der Waals surface area (Å²) in [5.74, 6) is -1.33. The van der Waals surface area contributed by atoms with E-state index in [1.807, 2.05) is 0 Å². The standard InChI is InChI=1S/C14H15F4NO/c15-12-7-9(1-4-11(12)14(16,17)18)13(20)5-6-19(8-13)10-2-3-10/h1,4,7,10,20H,2-3,5-6,8H2. The number of rotatable bonds is 2. The Kier molecular flexibility index (Phi) is 3.06. The molecule has 1 N–H and O–H groups in total. The topological polar surface area (TPSA) is 23.5 Å². The summed E-state index contributed by atoms with van der Waals surface area (Å²) >= 11 is 0. The third-order valence-electron chi connectivity index (χ3n) is 4.15. The molecular weight excluding hydrogens is 274 g/mol. The van der Waals surface area contributed by atoms with Gasteiger partial charge in [0, 0.05) is 19.1 Å². The van der Waals surface area contributed by atoms with Crippen molar-refractivity contribution in [2.24, 2.45) is 0 Å². The van der Waals surface area contributed by atoms with Crippen LogP contribution in [0.5, 0.6) is 0 Å². The van der Waals surface area contributed by atoms with Gasteiger partial charge in [-0.2, -0.15) is 13.2 Å². The van der Waals surface area contributed by atoms with E-state index in [4.69, 9.17) is 0 Å². The van der Waals surface area contributed by atoms with E-state index < -0.39 is 23.2 Å². The van der Waals surface area contributed by atoms with Gasteiger partial charge in [0.25, 0.3) is 0 Å². The number of likely N-dealkylation sites (tertiary alicyclic amines) is 1. The molecule has 1 aromatic rings. The van der Waals surface area contributed by atoms with Crippen LogP contribution >= 0.6 is 0 Å². The molecule has 0 amide bonds. The molecule has 2 aliphatic rings. The Bertz CT molecular complexity index is 526. The van der Waals surface area contributed by atoms with Crippen molar-refractivity contribution < 1.29 is 22.7 Å². The molecule has 1 aromatic carbocycles. The van der Waals surface area contributed by atoms with E-state index in [1.54, 1.807) is 0 Å². The van der Waals surface area contributed by atoms with Gasteiger partial charge in [0.2, 0.25) is 0 Å². The average Bonchev–Trinajstić information content (AvgIpc) is 3.11. The van der Waals surface area contributed by atoms with Crippen molar-refractivity contribution in [3.8, 4) is 0 Å². The highest BCUT2D eigenvalue weighted by Gasteiger charge is 2.44. The first-order valence-electron chi connectivity index (χ1n) is 6.63. The van der Waals surface area contributed by atoms with Gasteiger partial charge in [0.05, 0.1) is 5.56 Å². The lowest BCUT2D eigenvalue weighted by molar-refractivity contribution is -0.140. The van der Waals surface area contributed by atoms with E-state index in [9.17, 15) is 22.7 Å². The highest BCUT2D eigenvalue weighted by Crippen LogP contribution is 2.40. The molecule has 3 rings (SSSR count). The first-order valence-corrected chi connectivity index (χ1v) is 6.63. The molecule has 1 atom stereocenters. The summed E-state index contributed by atoms with van der Waals surface area (Å²) in [6, 6.07) is 3.19. The van der Waals surface area contributed by atoms with Crippen LogP contribution in [0, 0.1) is 5.82 Å². The van der Waals surface area contributed by atoms with Crippen LogP contribution in [0.2, 0.25) is 0 Å². The summed E-state index contributed by atoms with van der Waals surface area (Å²) < 4.78 is 51.1.